The van der Waals surface area contributed by atoms with Crippen molar-refractivity contribution in [2.75, 3.05) is 19.0 Å². The molecule has 2 N–H and O–H groups in total. The van der Waals surface area contributed by atoms with E-state index in [1.54, 1.807) is 6.08 Å². The number of alkyl halides is 5. The van der Waals surface area contributed by atoms with E-state index >= 15 is 0 Å². The molecule has 188 valence electrons. The summed E-state index contributed by atoms with van der Waals surface area (Å²) in [5.41, 5.74) is -2.19. The van der Waals surface area contributed by atoms with Crippen LogP contribution in [0.5, 0.6) is 5.75 Å². The molecule has 0 unspecified atom stereocenters. The van der Waals surface area contributed by atoms with Crippen molar-refractivity contribution >= 4 is 52.4 Å². The summed E-state index contributed by atoms with van der Waals surface area (Å²) in [7, 11) is 1.52. The van der Waals surface area contributed by atoms with E-state index in [0.717, 1.165) is 0 Å². The van der Waals surface area contributed by atoms with Gasteiger partial charge in [0.05, 0.1) is 23.7 Å². The van der Waals surface area contributed by atoms with Crippen LogP contribution < -0.4 is 10.1 Å². The van der Waals surface area contributed by atoms with E-state index in [-0.39, 0.29) is 22.5 Å². The molecule has 0 saturated heterocycles. The summed E-state index contributed by atoms with van der Waals surface area (Å²) in [5, 5.41) is 12.4. The third-order valence-electron chi connectivity index (χ3n) is 5.21. The first-order valence-electron chi connectivity index (χ1n) is 10.4. The highest BCUT2D eigenvalue weighted by Gasteiger charge is 2.30. The van der Waals surface area contributed by atoms with Gasteiger partial charge in [0.15, 0.2) is 5.82 Å². The number of amides is 1. The van der Waals surface area contributed by atoms with Crippen LogP contribution in [0.15, 0.2) is 52.5 Å². The van der Waals surface area contributed by atoms with Gasteiger partial charge in [-0.25, -0.2) is 18.8 Å². The largest absolute Gasteiger partial charge is 0.487 e. The molecule has 0 spiro atoms. The van der Waals surface area contributed by atoms with E-state index < -0.39 is 36.4 Å². The van der Waals surface area contributed by atoms with Crippen molar-refractivity contribution in [2.45, 2.75) is 18.0 Å². The lowest BCUT2D eigenvalue weighted by molar-refractivity contribution is -0.0964. The van der Waals surface area contributed by atoms with Gasteiger partial charge in [-0.3, -0.25) is 9.79 Å². The second-order valence-electron chi connectivity index (χ2n) is 7.58. The van der Waals surface area contributed by atoms with E-state index in [9.17, 15) is 27.5 Å². The second kappa shape index (κ2) is 10.1. The number of nitrogens with zero attached hydrogens (tertiary/aromatic N) is 4. The van der Waals surface area contributed by atoms with E-state index in [4.69, 9.17) is 11.6 Å². The molecule has 0 radical (unpaired) electrons. The average molecular weight is 524 g/mol. The van der Waals surface area contributed by atoms with E-state index in [1.807, 2.05) is 0 Å². The Kier molecular flexibility index (Phi) is 7.09. The smallest absolute Gasteiger partial charge is 0.420 e. The molecule has 0 bridgehead atoms. The Hall–Kier alpha value is -3.77. The molecule has 2 heterocycles. The summed E-state index contributed by atoms with van der Waals surface area (Å²) in [6.45, 7) is -0.457. The maximum atomic E-state index is 13.8. The number of carbonyl (C=O) groups excluding carboxylic acids is 1. The standard InChI is InChI=1S/C23H18ClF4N5O3/c1-29-11-30-9-13-6-15(10-34)33-19-17(13)7-12(8-18(19)32-21(33)20(25)26)22(35)31-14-2-4-16(5-3-14)36-23(24,27)28/h2-9,11,15,20,34H,10H2,1H3,(H,31,35)/t15-/m1/s1. The van der Waals surface area contributed by atoms with Gasteiger partial charge in [0.2, 0.25) is 0 Å². The molecular weight excluding hydrogens is 506 g/mol. The summed E-state index contributed by atoms with van der Waals surface area (Å²) >= 11 is 4.74. The number of aliphatic hydroxyl groups excluding tert-OH is 1. The second-order valence-corrected chi connectivity index (χ2v) is 8.02. The van der Waals surface area contributed by atoms with Crippen LogP contribution in [0.25, 0.3) is 16.6 Å². The predicted molar refractivity (Wildman–Crippen MR) is 128 cm³/mol. The summed E-state index contributed by atoms with van der Waals surface area (Å²) in [5.74, 6) is -1.36. The fraction of sp³-hybridized carbons (Fsp3) is 0.217. The maximum Gasteiger partial charge on any atom is 0.487 e. The number of halogens is 5. The molecule has 0 fully saturated rings. The fourth-order valence-corrected chi connectivity index (χ4v) is 3.92. The van der Waals surface area contributed by atoms with Gasteiger partial charge in [-0.15, -0.1) is 8.78 Å². The Morgan fingerprint density at radius 2 is 2.06 bits per heavy atom. The summed E-state index contributed by atoms with van der Waals surface area (Å²) in [4.78, 5) is 24.8. The number of hydrogen-bond acceptors (Lipinski definition) is 5. The highest BCUT2D eigenvalue weighted by molar-refractivity contribution is 6.21. The van der Waals surface area contributed by atoms with Gasteiger partial charge >= 0.3 is 5.57 Å². The zero-order valence-corrected chi connectivity index (χ0v) is 19.3. The van der Waals surface area contributed by atoms with Crippen LogP contribution in [0, 0.1) is 0 Å². The molecule has 1 atom stereocenters. The number of hydrogen-bond donors (Lipinski definition) is 2. The highest BCUT2D eigenvalue weighted by atomic mass is 35.5. The van der Waals surface area contributed by atoms with Crippen molar-refractivity contribution < 1.29 is 32.2 Å². The highest BCUT2D eigenvalue weighted by Crippen LogP contribution is 2.38. The number of nitrogens with one attached hydrogen (secondary N) is 1. The van der Waals surface area contributed by atoms with Crippen molar-refractivity contribution in [2.24, 2.45) is 9.98 Å². The lowest BCUT2D eigenvalue weighted by atomic mass is 9.96. The number of aromatic nitrogens is 2. The Morgan fingerprint density at radius 1 is 1.33 bits per heavy atom. The van der Waals surface area contributed by atoms with E-state index in [1.165, 1.54) is 60.6 Å². The number of aliphatic hydroxyl groups is 1. The summed E-state index contributed by atoms with van der Waals surface area (Å²) in [6, 6.07) is 7.07. The summed E-state index contributed by atoms with van der Waals surface area (Å²) in [6.07, 6.45) is 1.35. The lowest BCUT2D eigenvalue weighted by Crippen LogP contribution is -2.19. The first kappa shape index (κ1) is 25.3. The Morgan fingerprint density at radius 3 is 2.67 bits per heavy atom. The molecule has 4 rings (SSSR count). The zero-order valence-electron chi connectivity index (χ0n) is 18.5. The van der Waals surface area contributed by atoms with Gasteiger partial charge in [-0.05, 0) is 42.5 Å². The SMILES string of the molecule is CN=CN=CC1=C[C@H](CO)n2c(C(F)F)nc3cc(C(=O)Nc4ccc(OC(F)(F)Cl)cc4)cc1c32. The minimum absolute atomic E-state index is 0.0986. The molecule has 13 heteroatoms. The Balaban J connectivity index is 1.73. The van der Waals surface area contributed by atoms with Crippen LogP contribution in [-0.2, 0) is 0 Å². The van der Waals surface area contributed by atoms with Crippen molar-refractivity contribution in [1.82, 2.24) is 9.55 Å². The number of carbonyl (C=O) groups is 1. The number of imidazole rings is 1. The first-order chi connectivity index (χ1) is 17.1. The Bertz CT molecular complexity index is 1380. The number of aliphatic imine (C=N–C) groups is 2. The van der Waals surface area contributed by atoms with Crippen molar-refractivity contribution in [3.8, 4) is 5.75 Å². The molecular formula is C23H18ClF4N5O3. The predicted octanol–water partition coefficient (Wildman–Crippen LogP) is 5.05. The molecule has 0 aliphatic carbocycles. The van der Waals surface area contributed by atoms with Gasteiger partial charge in [0, 0.05) is 47.3 Å². The van der Waals surface area contributed by atoms with Gasteiger partial charge in [0.1, 0.15) is 12.1 Å². The van der Waals surface area contributed by atoms with Crippen LogP contribution in [0.2, 0.25) is 0 Å². The first-order valence-corrected chi connectivity index (χ1v) is 10.8. The third kappa shape index (κ3) is 5.24. The van der Waals surface area contributed by atoms with Crippen LogP contribution >= 0.6 is 11.6 Å². The van der Waals surface area contributed by atoms with Gasteiger partial charge in [-0.2, -0.15) is 0 Å². The van der Waals surface area contributed by atoms with Crippen LogP contribution in [-0.4, -0.2) is 52.3 Å². The molecule has 0 saturated carbocycles. The van der Waals surface area contributed by atoms with Gasteiger partial charge in [-0.1, -0.05) is 0 Å². The number of ether oxygens (including phenoxy) is 1. The van der Waals surface area contributed by atoms with E-state index in [2.05, 4.69) is 25.0 Å². The number of benzene rings is 2. The molecule has 1 amide bonds. The molecule has 36 heavy (non-hydrogen) atoms. The van der Waals surface area contributed by atoms with Crippen molar-refractivity contribution in [1.29, 1.82) is 0 Å². The molecule has 1 aliphatic heterocycles. The lowest BCUT2D eigenvalue weighted by Gasteiger charge is -2.23. The third-order valence-corrected chi connectivity index (χ3v) is 5.29. The molecule has 3 aromatic rings. The topological polar surface area (TPSA) is 101 Å². The quantitative estimate of drug-likeness (QED) is 0.187. The monoisotopic (exact) mass is 523 g/mol. The molecule has 1 aliphatic rings. The average Bonchev–Trinajstić information content (AvgIpc) is 3.21. The zero-order chi connectivity index (χ0) is 26.0. The number of rotatable bonds is 8. The van der Waals surface area contributed by atoms with Crippen molar-refractivity contribution in [3.05, 3.63) is 59.4 Å². The number of anilines is 1. The Labute approximate surface area is 206 Å². The van der Waals surface area contributed by atoms with Crippen LogP contribution in [0.4, 0.5) is 23.2 Å². The molecule has 2 aromatic carbocycles. The van der Waals surface area contributed by atoms with Gasteiger partial charge in [0.25, 0.3) is 12.3 Å². The summed E-state index contributed by atoms with van der Waals surface area (Å²) < 4.78 is 58.6. The van der Waals surface area contributed by atoms with Crippen LogP contribution in [0.1, 0.15) is 34.2 Å². The normalized spacial score (nSPS) is 15.8. The van der Waals surface area contributed by atoms with Crippen molar-refractivity contribution in [3.63, 3.8) is 0 Å². The van der Waals surface area contributed by atoms with Crippen LogP contribution in [0.3, 0.4) is 0 Å². The van der Waals surface area contributed by atoms with Gasteiger partial charge < -0.3 is 19.7 Å². The number of allylic oxidation sites excluding steroid dienone is 1. The minimum Gasteiger partial charge on any atom is -0.420 e. The van der Waals surface area contributed by atoms with E-state index in [0.29, 0.717) is 16.7 Å². The minimum atomic E-state index is -3.88. The molecule has 1 aromatic heterocycles. The maximum absolute atomic E-state index is 13.8. The fourth-order valence-electron chi connectivity index (χ4n) is 3.83. The molecule has 8 nitrogen and oxygen atoms in total.